The molecule has 1 heterocycles. The quantitative estimate of drug-likeness (QED) is 0.719. The molecule has 0 aliphatic carbocycles. The topological polar surface area (TPSA) is 49.8 Å². The Morgan fingerprint density at radius 1 is 1.71 bits per heavy atom. The molecule has 1 N–H and O–H groups in total. The van der Waals surface area contributed by atoms with Gasteiger partial charge in [-0.2, -0.15) is 0 Å². The first-order valence-corrected chi connectivity index (χ1v) is 5.14. The summed E-state index contributed by atoms with van der Waals surface area (Å²) in [7, 11) is 1.67. The zero-order valence-electron chi connectivity index (χ0n) is 8.90. The number of likely N-dealkylation sites (tertiary alicyclic amines) is 1. The van der Waals surface area contributed by atoms with Gasteiger partial charge in [0.25, 0.3) is 0 Å². The van der Waals surface area contributed by atoms with Crippen LogP contribution < -0.4 is 0 Å². The van der Waals surface area contributed by atoms with Gasteiger partial charge in [-0.15, -0.1) is 0 Å². The summed E-state index contributed by atoms with van der Waals surface area (Å²) >= 11 is 0. The number of hydrogen-bond acceptors (Lipinski definition) is 3. The summed E-state index contributed by atoms with van der Waals surface area (Å²) in [4.78, 5) is 13.0. The van der Waals surface area contributed by atoms with Crippen LogP contribution in [0, 0.1) is 0 Å². The van der Waals surface area contributed by atoms with Gasteiger partial charge in [0.2, 0.25) is 0 Å². The lowest BCUT2D eigenvalue weighted by Crippen LogP contribution is -2.42. The molecule has 0 bridgehead atoms. The molecule has 0 aromatic carbocycles. The van der Waals surface area contributed by atoms with E-state index in [1.54, 1.807) is 7.11 Å². The smallest absolute Gasteiger partial charge is 0.320 e. The Kier molecular flexibility index (Phi) is 4.35. The third-order valence-corrected chi connectivity index (χ3v) is 2.89. The van der Waals surface area contributed by atoms with Crippen LogP contribution in [0.2, 0.25) is 0 Å². The van der Waals surface area contributed by atoms with Gasteiger partial charge in [0.1, 0.15) is 6.04 Å². The molecule has 2 unspecified atom stereocenters. The van der Waals surface area contributed by atoms with Gasteiger partial charge in [-0.1, -0.05) is 0 Å². The van der Waals surface area contributed by atoms with E-state index in [9.17, 15) is 4.79 Å². The number of hydrogen-bond donors (Lipinski definition) is 1. The molecule has 1 aliphatic rings. The van der Waals surface area contributed by atoms with Crippen LogP contribution >= 0.6 is 0 Å². The maximum Gasteiger partial charge on any atom is 0.320 e. The van der Waals surface area contributed by atoms with E-state index >= 15 is 0 Å². The van der Waals surface area contributed by atoms with Crippen molar-refractivity contribution in [2.75, 3.05) is 20.3 Å². The molecule has 1 aliphatic heterocycles. The molecule has 1 rings (SSSR count). The normalized spacial score (nSPS) is 25.1. The highest BCUT2D eigenvalue weighted by Gasteiger charge is 2.33. The Bertz CT molecular complexity index is 196. The number of ether oxygens (including phenoxy) is 1. The summed E-state index contributed by atoms with van der Waals surface area (Å²) in [5.74, 6) is -0.688. The Morgan fingerprint density at radius 3 is 3.00 bits per heavy atom. The van der Waals surface area contributed by atoms with Crippen molar-refractivity contribution in [3.05, 3.63) is 0 Å². The van der Waals surface area contributed by atoms with Crippen molar-refractivity contribution in [2.24, 2.45) is 0 Å². The van der Waals surface area contributed by atoms with E-state index in [2.05, 4.69) is 11.8 Å². The van der Waals surface area contributed by atoms with Gasteiger partial charge in [0.05, 0.1) is 0 Å². The first-order chi connectivity index (χ1) is 6.66. The minimum Gasteiger partial charge on any atom is -0.480 e. The van der Waals surface area contributed by atoms with E-state index in [1.165, 1.54) is 0 Å². The average molecular weight is 201 g/mol. The van der Waals surface area contributed by atoms with Gasteiger partial charge in [-0.05, 0) is 32.7 Å². The highest BCUT2D eigenvalue weighted by atomic mass is 16.5. The van der Waals surface area contributed by atoms with Gasteiger partial charge in [0.15, 0.2) is 0 Å². The highest BCUT2D eigenvalue weighted by Crippen LogP contribution is 2.21. The van der Waals surface area contributed by atoms with Crippen LogP contribution in [0.3, 0.4) is 0 Å². The fourth-order valence-electron chi connectivity index (χ4n) is 2.04. The summed E-state index contributed by atoms with van der Waals surface area (Å²) in [6.07, 6.45) is 2.68. The van der Waals surface area contributed by atoms with Crippen LogP contribution in [0.25, 0.3) is 0 Å². The predicted octanol–water partition coefficient (Wildman–Crippen LogP) is 0.960. The van der Waals surface area contributed by atoms with Gasteiger partial charge < -0.3 is 9.84 Å². The first-order valence-electron chi connectivity index (χ1n) is 5.14. The number of carboxylic acids is 1. The predicted molar refractivity (Wildman–Crippen MR) is 53.3 cm³/mol. The molecule has 1 saturated heterocycles. The summed E-state index contributed by atoms with van der Waals surface area (Å²) in [5, 5.41) is 8.99. The molecule has 14 heavy (non-hydrogen) atoms. The largest absolute Gasteiger partial charge is 0.480 e. The molecule has 0 amide bonds. The van der Waals surface area contributed by atoms with E-state index in [0.717, 1.165) is 25.8 Å². The second kappa shape index (κ2) is 5.32. The second-order valence-electron chi connectivity index (χ2n) is 3.86. The highest BCUT2D eigenvalue weighted by molar-refractivity contribution is 5.73. The van der Waals surface area contributed by atoms with Crippen LogP contribution in [0.15, 0.2) is 0 Å². The maximum absolute atomic E-state index is 10.9. The Hall–Kier alpha value is -0.610. The SMILES string of the molecule is COCCC(C)N1CCCC1C(=O)O. The minimum atomic E-state index is -0.688. The number of nitrogens with zero attached hydrogens (tertiary/aromatic N) is 1. The summed E-state index contributed by atoms with van der Waals surface area (Å²) in [5.41, 5.74) is 0. The Labute approximate surface area is 84.8 Å². The van der Waals surface area contributed by atoms with Crippen LogP contribution in [0.1, 0.15) is 26.2 Å². The second-order valence-corrected chi connectivity index (χ2v) is 3.86. The Balaban J connectivity index is 2.44. The molecule has 1 fully saturated rings. The Morgan fingerprint density at radius 2 is 2.43 bits per heavy atom. The van der Waals surface area contributed by atoms with E-state index in [4.69, 9.17) is 9.84 Å². The van der Waals surface area contributed by atoms with E-state index in [0.29, 0.717) is 12.6 Å². The molecule has 0 spiro atoms. The van der Waals surface area contributed by atoms with E-state index in [-0.39, 0.29) is 6.04 Å². The maximum atomic E-state index is 10.9. The van der Waals surface area contributed by atoms with Gasteiger partial charge >= 0.3 is 5.97 Å². The first kappa shape index (κ1) is 11.5. The number of rotatable bonds is 5. The molecule has 2 atom stereocenters. The van der Waals surface area contributed by atoms with Crippen LogP contribution in [0.4, 0.5) is 0 Å². The zero-order chi connectivity index (χ0) is 10.6. The van der Waals surface area contributed by atoms with Crippen molar-refractivity contribution in [3.63, 3.8) is 0 Å². The fourth-order valence-corrected chi connectivity index (χ4v) is 2.04. The minimum absolute atomic E-state index is 0.276. The van der Waals surface area contributed by atoms with Gasteiger partial charge in [-0.3, -0.25) is 9.69 Å². The molecule has 4 heteroatoms. The zero-order valence-corrected chi connectivity index (χ0v) is 8.90. The monoisotopic (exact) mass is 201 g/mol. The van der Waals surface area contributed by atoms with E-state index in [1.807, 2.05) is 0 Å². The number of aliphatic carboxylic acids is 1. The van der Waals surface area contributed by atoms with Gasteiger partial charge in [0, 0.05) is 19.8 Å². The molecule has 0 aromatic rings. The van der Waals surface area contributed by atoms with Crippen molar-refractivity contribution in [3.8, 4) is 0 Å². The standard InChI is InChI=1S/C10H19NO3/c1-8(5-7-14-2)11-6-3-4-9(11)10(12)13/h8-9H,3-7H2,1-2H3,(H,12,13). The third kappa shape index (κ3) is 2.69. The molecule has 4 nitrogen and oxygen atoms in total. The number of methoxy groups -OCH3 is 1. The summed E-state index contributed by atoms with van der Waals surface area (Å²) in [6, 6.07) is 0.0282. The molecule has 0 saturated carbocycles. The van der Waals surface area contributed by atoms with Crippen LogP contribution in [-0.4, -0.2) is 48.3 Å². The van der Waals surface area contributed by atoms with Gasteiger partial charge in [-0.25, -0.2) is 0 Å². The number of carbonyl (C=O) groups is 1. The molecule has 0 aromatic heterocycles. The molecule has 82 valence electrons. The van der Waals surface area contributed by atoms with Crippen LogP contribution in [0.5, 0.6) is 0 Å². The average Bonchev–Trinajstić information content (AvgIpc) is 2.62. The molecular weight excluding hydrogens is 182 g/mol. The third-order valence-electron chi connectivity index (χ3n) is 2.89. The van der Waals surface area contributed by atoms with Crippen molar-refractivity contribution >= 4 is 5.97 Å². The lowest BCUT2D eigenvalue weighted by molar-refractivity contribution is -0.143. The lowest BCUT2D eigenvalue weighted by Gasteiger charge is -2.27. The van der Waals surface area contributed by atoms with Crippen LogP contribution in [-0.2, 0) is 9.53 Å². The van der Waals surface area contributed by atoms with Crippen molar-refractivity contribution in [2.45, 2.75) is 38.3 Å². The fraction of sp³-hybridized carbons (Fsp3) is 0.900. The van der Waals surface area contributed by atoms with Crippen molar-refractivity contribution in [1.29, 1.82) is 0 Å². The summed E-state index contributed by atoms with van der Waals surface area (Å²) < 4.78 is 4.99. The number of carboxylic acid groups (broad SMARTS) is 1. The lowest BCUT2D eigenvalue weighted by atomic mass is 10.1. The summed E-state index contributed by atoms with van der Waals surface area (Å²) in [6.45, 7) is 3.67. The van der Waals surface area contributed by atoms with Crippen molar-refractivity contribution in [1.82, 2.24) is 4.90 Å². The van der Waals surface area contributed by atoms with Crippen molar-refractivity contribution < 1.29 is 14.6 Å². The molecular formula is C10H19NO3. The molecule has 0 radical (unpaired) electrons. The van der Waals surface area contributed by atoms with E-state index < -0.39 is 5.97 Å².